The third-order valence-corrected chi connectivity index (χ3v) is 3.50. The fourth-order valence-electron chi connectivity index (χ4n) is 1.31. The van der Waals surface area contributed by atoms with Crippen molar-refractivity contribution in [3.8, 4) is 0 Å². The number of benzene rings is 1. The molecule has 0 aliphatic carbocycles. The summed E-state index contributed by atoms with van der Waals surface area (Å²) in [6.45, 7) is 0. The summed E-state index contributed by atoms with van der Waals surface area (Å²) in [7, 11) is 0. The highest BCUT2D eigenvalue weighted by Gasteiger charge is 2.05. The molecule has 92 valence electrons. The third kappa shape index (κ3) is 3.67. The highest BCUT2D eigenvalue weighted by atomic mass is 127. The standard InChI is InChI=1S/C12H9BrIN3O/c13-8-1-2-11(10(14)7-8)17-12(18)16-9-3-5-15-6-4-9/h1-7H,(H2,15,16,17,18). The zero-order valence-electron chi connectivity index (χ0n) is 9.15. The average molecular weight is 418 g/mol. The summed E-state index contributed by atoms with van der Waals surface area (Å²) < 4.78 is 1.94. The molecule has 0 spiro atoms. The molecule has 0 atom stereocenters. The van der Waals surface area contributed by atoms with Gasteiger partial charge in [-0.1, -0.05) is 15.9 Å². The molecule has 18 heavy (non-hydrogen) atoms. The van der Waals surface area contributed by atoms with Crippen LogP contribution < -0.4 is 10.6 Å². The van der Waals surface area contributed by atoms with Gasteiger partial charge in [-0.2, -0.15) is 0 Å². The second kappa shape index (κ2) is 6.14. The van der Waals surface area contributed by atoms with E-state index in [9.17, 15) is 4.79 Å². The predicted molar refractivity (Wildman–Crippen MR) is 83.7 cm³/mol. The van der Waals surface area contributed by atoms with Gasteiger partial charge in [0.15, 0.2) is 0 Å². The van der Waals surface area contributed by atoms with Crippen molar-refractivity contribution in [2.75, 3.05) is 10.6 Å². The highest BCUT2D eigenvalue weighted by Crippen LogP contribution is 2.22. The van der Waals surface area contributed by atoms with Crippen LogP contribution in [-0.2, 0) is 0 Å². The maximum absolute atomic E-state index is 11.8. The van der Waals surface area contributed by atoms with Crippen LogP contribution in [0.4, 0.5) is 16.2 Å². The molecule has 0 aliphatic rings. The summed E-state index contributed by atoms with van der Waals surface area (Å²) in [4.78, 5) is 15.6. The Balaban J connectivity index is 2.03. The number of carbonyl (C=O) groups excluding carboxylic acids is 1. The van der Waals surface area contributed by atoms with Crippen molar-refractivity contribution in [2.45, 2.75) is 0 Å². The van der Waals surface area contributed by atoms with Gasteiger partial charge in [-0.15, -0.1) is 0 Å². The molecular formula is C12H9BrIN3O. The Morgan fingerprint density at radius 2 is 1.89 bits per heavy atom. The lowest BCUT2D eigenvalue weighted by atomic mass is 10.3. The van der Waals surface area contributed by atoms with Gasteiger partial charge in [0.2, 0.25) is 0 Å². The van der Waals surface area contributed by atoms with Gasteiger partial charge in [-0.3, -0.25) is 4.98 Å². The zero-order chi connectivity index (χ0) is 13.0. The number of urea groups is 1. The second-order valence-corrected chi connectivity index (χ2v) is 5.52. The number of anilines is 2. The maximum atomic E-state index is 11.8. The first-order chi connectivity index (χ1) is 8.65. The van der Waals surface area contributed by atoms with Crippen LogP contribution in [0.2, 0.25) is 0 Å². The zero-order valence-corrected chi connectivity index (χ0v) is 12.9. The van der Waals surface area contributed by atoms with Gasteiger partial charge in [-0.05, 0) is 52.9 Å². The van der Waals surface area contributed by atoms with Crippen molar-refractivity contribution in [3.05, 3.63) is 50.8 Å². The molecule has 0 radical (unpaired) electrons. The molecule has 2 aromatic rings. The Hall–Kier alpha value is -1.15. The SMILES string of the molecule is O=C(Nc1ccncc1)Nc1ccc(Br)cc1I. The first-order valence-electron chi connectivity index (χ1n) is 5.08. The van der Waals surface area contributed by atoms with Crippen LogP contribution in [0.25, 0.3) is 0 Å². The number of nitrogens with zero attached hydrogens (tertiary/aromatic N) is 1. The Morgan fingerprint density at radius 3 is 2.56 bits per heavy atom. The molecule has 0 saturated heterocycles. The van der Waals surface area contributed by atoms with Gasteiger partial charge in [0, 0.05) is 26.1 Å². The van der Waals surface area contributed by atoms with E-state index in [1.807, 2.05) is 18.2 Å². The largest absolute Gasteiger partial charge is 0.323 e. The highest BCUT2D eigenvalue weighted by molar-refractivity contribution is 14.1. The number of hydrogen-bond acceptors (Lipinski definition) is 2. The summed E-state index contributed by atoms with van der Waals surface area (Å²) >= 11 is 5.54. The van der Waals surface area contributed by atoms with Gasteiger partial charge in [0.05, 0.1) is 5.69 Å². The summed E-state index contributed by atoms with van der Waals surface area (Å²) in [5, 5.41) is 5.51. The average Bonchev–Trinajstić information content (AvgIpc) is 2.34. The third-order valence-electron chi connectivity index (χ3n) is 2.12. The Kier molecular flexibility index (Phi) is 4.54. The number of pyridine rings is 1. The number of amides is 2. The molecule has 0 fully saturated rings. The summed E-state index contributed by atoms with van der Waals surface area (Å²) in [6.07, 6.45) is 3.25. The molecule has 0 aliphatic heterocycles. The molecule has 0 saturated carbocycles. The lowest BCUT2D eigenvalue weighted by molar-refractivity contribution is 0.262. The number of halogens is 2. The molecule has 2 amide bonds. The fraction of sp³-hybridized carbons (Fsp3) is 0. The minimum atomic E-state index is -0.276. The minimum Gasteiger partial charge on any atom is -0.308 e. The van der Waals surface area contributed by atoms with Gasteiger partial charge >= 0.3 is 6.03 Å². The molecule has 4 nitrogen and oxygen atoms in total. The van der Waals surface area contributed by atoms with Crippen LogP contribution in [0.3, 0.4) is 0 Å². The van der Waals surface area contributed by atoms with Crippen LogP contribution in [-0.4, -0.2) is 11.0 Å². The first kappa shape index (κ1) is 13.3. The lowest BCUT2D eigenvalue weighted by Crippen LogP contribution is -2.19. The fourth-order valence-corrected chi connectivity index (χ4v) is 2.75. The van der Waals surface area contributed by atoms with Crippen LogP contribution >= 0.6 is 38.5 Å². The van der Waals surface area contributed by atoms with Crippen LogP contribution in [0.15, 0.2) is 47.2 Å². The van der Waals surface area contributed by atoms with Crippen molar-refractivity contribution in [1.82, 2.24) is 4.98 Å². The van der Waals surface area contributed by atoms with E-state index in [0.717, 1.165) is 13.7 Å². The number of carbonyl (C=O) groups is 1. The van der Waals surface area contributed by atoms with Gasteiger partial charge in [0.1, 0.15) is 0 Å². The van der Waals surface area contributed by atoms with Gasteiger partial charge in [-0.25, -0.2) is 4.79 Å². The van der Waals surface area contributed by atoms with E-state index < -0.39 is 0 Å². The molecule has 1 aromatic heterocycles. The van der Waals surface area contributed by atoms with Crippen molar-refractivity contribution in [3.63, 3.8) is 0 Å². The van der Waals surface area contributed by atoms with E-state index in [-0.39, 0.29) is 6.03 Å². The van der Waals surface area contributed by atoms with Crippen LogP contribution in [0.5, 0.6) is 0 Å². The number of nitrogens with one attached hydrogen (secondary N) is 2. The second-order valence-electron chi connectivity index (χ2n) is 3.44. The van der Waals surface area contributed by atoms with Crippen molar-refractivity contribution < 1.29 is 4.79 Å². The summed E-state index contributed by atoms with van der Waals surface area (Å²) in [5.41, 5.74) is 1.47. The predicted octanol–water partition coefficient (Wildman–Crippen LogP) is 4.09. The molecule has 1 heterocycles. The summed E-state index contributed by atoms with van der Waals surface area (Å²) in [6, 6.07) is 8.84. The van der Waals surface area contributed by atoms with Gasteiger partial charge in [0.25, 0.3) is 0 Å². The normalized spacial score (nSPS) is 9.89. The van der Waals surface area contributed by atoms with Crippen molar-refractivity contribution in [2.24, 2.45) is 0 Å². The van der Waals surface area contributed by atoms with Gasteiger partial charge < -0.3 is 10.6 Å². The molecular weight excluding hydrogens is 409 g/mol. The molecule has 2 N–H and O–H groups in total. The topological polar surface area (TPSA) is 54.0 Å². The van der Waals surface area contributed by atoms with Crippen LogP contribution in [0.1, 0.15) is 0 Å². The summed E-state index contributed by atoms with van der Waals surface area (Å²) in [5.74, 6) is 0. The van der Waals surface area contributed by atoms with E-state index in [4.69, 9.17) is 0 Å². The molecule has 0 bridgehead atoms. The Bertz CT molecular complexity index is 563. The van der Waals surface area contributed by atoms with E-state index in [0.29, 0.717) is 5.69 Å². The number of hydrogen-bond donors (Lipinski definition) is 2. The molecule has 1 aromatic carbocycles. The van der Waals surface area contributed by atoms with Crippen molar-refractivity contribution >= 4 is 55.9 Å². The maximum Gasteiger partial charge on any atom is 0.323 e. The Morgan fingerprint density at radius 1 is 1.17 bits per heavy atom. The monoisotopic (exact) mass is 417 g/mol. The van der Waals surface area contributed by atoms with Crippen LogP contribution in [0, 0.1) is 3.57 Å². The first-order valence-corrected chi connectivity index (χ1v) is 6.95. The number of rotatable bonds is 2. The number of aromatic nitrogens is 1. The van der Waals surface area contributed by atoms with Crippen molar-refractivity contribution in [1.29, 1.82) is 0 Å². The quantitative estimate of drug-likeness (QED) is 0.723. The minimum absolute atomic E-state index is 0.276. The van der Waals surface area contributed by atoms with E-state index in [2.05, 4.69) is 54.1 Å². The smallest absolute Gasteiger partial charge is 0.308 e. The van der Waals surface area contributed by atoms with E-state index >= 15 is 0 Å². The molecule has 2 rings (SSSR count). The molecule has 0 unspecified atom stereocenters. The lowest BCUT2D eigenvalue weighted by Gasteiger charge is -2.09. The van der Waals surface area contributed by atoms with E-state index in [1.165, 1.54) is 0 Å². The van der Waals surface area contributed by atoms with E-state index in [1.54, 1.807) is 24.5 Å². The molecule has 6 heteroatoms. The Labute approximate surface area is 126 Å².